The first kappa shape index (κ1) is 7.11. The molecule has 0 spiro atoms. The molecular weight excluding hydrogens is 135 g/mol. The fourth-order valence-corrected chi connectivity index (χ4v) is 0.464. The number of hydrogen-bond donors (Lipinski definition) is 2. The Labute approximate surface area is 58.1 Å². The lowest BCUT2D eigenvalue weighted by Gasteiger charge is -2.01. The van der Waals surface area contributed by atoms with Crippen molar-refractivity contribution in [3.05, 3.63) is 12.3 Å². The van der Waals surface area contributed by atoms with Gasteiger partial charge in [0, 0.05) is 19.4 Å². The molecule has 2 N–H and O–H groups in total. The Morgan fingerprint density at radius 3 is 3.10 bits per heavy atom. The Balaban J connectivity index is 2.40. The first-order valence-corrected chi connectivity index (χ1v) is 2.70. The van der Waals surface area contributed by atoms with Gasteiger partial charge in [0.05, 0.1) is 0 Å². The summed E-state index contributed by atoms with van der Waals surface area (Å²) in [5.41, 5.74) is 0. The van der Waals surface area contributed by atoms with Crippen LogP contribution in [0.5, 0.6) is 5.88 Å². The molecule has 0 fully saturated rings. The molecule has 1 aromatic rings. The number of H-pyrrole nitrogens is 1. The molecule has 5 nitrogen and oxygen atoms in total. The third kappa shape index (κ3) is 1.75. The third-order valence-electron chi connectivity index (χ3n) is 0.898. The van der Waals surface area contributed by atoms with E-state index < -0.39 is 7.32 Å². The molecule has 0 aliphatic rings. The summed E-state index contributed by atoms with van der Waals surface area (Å²) in [6, 6.07) is 1.57. The van der Waals surface area contributed by atoms with Crippen molar-refractivity contribution in [1.82, 2.24) is 10.2 Å². The highest BCUT2D eigenvalue weighted by molar-refractivity contribution is 6.35. The number of nitrogens with one attached hydrogen (secondary N) is 1. The standard InChI is InChI=1S/C4H7BN2O3/c1-9-5(8)10-4-2-3-6-7-4/h2-3,8H,1H3,(H,6,7). The predicted octanol–water partition coefficient (Wildman–Crippen LogP) is -0.588. The van der Waals surface area contributed by atoms with Gasteiger partial charge >= 0.3 is 7.32 Å². The van der Waals surface area contributed by atoms with E-state index in [0.717, 1.165) is 0 Å². The third-order valence-corrected chi connectivity index (χ3v) is 0.898. The minimum atomic E-state index is -1.25. The molecule has 1 rings (SSSR count). The van der Waals surface area contributed by atoms with E-state index in [1.165, 1.54) is 7.11 Å². The summed E-state index contributed by atoms with van der Waals surface area (Å²) in [7, 11) is 0.0837. The van der Waals surface area contributed by atoms with Gasteiger partial charge in [0.15, 0.2) is 0 Å². The van der Waals surface area contributed by atoms with Gasteiger partial charge < -0.3 is 14.3 Å². The summed E-state index contributed by atoms with van der Waals surface area (Å²) in [4.78, 5) is 0. The van der Waals surface area contributed by atoms with Gasteiger partial charge in [-0.25, -0.2) is 0 Å². The largest absolute Gasteiger partial charge is 0.711 e. The zero-order valence-electron chi connectivity index (χ0n) is 5.44. The molecular formula is C4H7BN2O3. The smallest absolute Gasteiger partial charge is 0.496 e. The first-order chi connectivity index (χ1) is 4.83. The summed E-state index contributed by atoms with van der Waals surface area (Å²) in [5, 5.41) is 14.9. The average molecular weight is 142 g/mol. The first-order valence-electron chi connectivity index (χ1n) is 2.70. The van der Waals surface area contributed by atoms with Crippen LogP contribution in [0.1, 0.15) is 0 Å². The Hall–Kier alpha value is -1.01. The molecule has 0 saturated heterocycles. The monoisotopic (exact) mass is 142 g/mol. The summed E-state index contributed by atoms with van der Waals surface area (Å²) in [6.07, 6.45) is 1.58. The van der Waals surface area contributed by atoms with E-state index in [1.807, 2.05) is 0 Å². The fourth-order valence-electron chi connectivity index (χ4n) is 0.464. The second-order valence-electron chi connectivity index (χ2n) is 1.57. The van der Waals surface area contributed by atoms with Crippen LogP contribution >= 0.6 is 0 Å². The van der Waals surface area contributed by atoms with Gasteiger partial charge in [-0.1, -0.05) is 0 Å². The lowest BCUT2D eigenvalue weighted by molar-refractivity contribution is 0.235. The highest BCUT2D eigenvalue weighted by Gasteiger charge is 2.15. The van der Waals surface area contributed by atoms with Crippen molar-refractivity contribution in [3.8, 4) is 5.88 Å². The maximum atomic E-state index is 8.73. The van der Waals surface area contributed by atoms with Crippen molar-refractivity contribution in [2.75, 3.05) is 7.11 Å². The SMILES string of the molecule is COB(O)Oc1cc[nH]n1. The Bertz CT molecular complexity index is 179. The normalized spacial score (nSPS) is 9.40. The van der Waals surface area contributed by atoms with Crippen molar-refractivity contribution < 1.29 is 14.3 Å². The minimum Gasteiger partial charge on any atom is -0.496 e. The van der Waals surface area contributed by atoms with Crippen molar-refractivity contribution in [2.24, 2.45) is 0 Å². The Kier molecular flexibility index (Phi) is 2.30. The lowest BCUT2D eigenvalue weighted by Crippen LogP contribution is -2.24. The fraction of sp³-hybridized carbons (Fsp3) is 0.250. The zero-order chi connectivity index (χ0) is 7.40. The van der Waals surface area contributed by atoms with E-state index in [-0.39, 0.29) is 0 Å². The van der Waals surface area contributed by atoms with Crippen LogP contribution in [-0.2, 0) is 4.65 Å². The molecule has 0 aliphatic carbocycles. The molecule has 0 atom stereocenters. The number of aromatic nitrogens is 2. The molecule has 0 aromatic carbocycles. The van der Waals surface area contributed by atoms with Crippen molar-refractivity contribution >= 4 is 7.32 Å². The maximum absolute atomic E-state index is 8.73. The van der Waals surface area contributed by atoms with Crippen LogP contribution in [0.15, 0.2) is 12.3 Å². The topological polar surface area (TPSA) is 67.4 Å². The van der Waals surface area contributed by atoms with Gasteiger partial charge in [0.25, 0.3) is 0 Å². The van der Waals surface area contributed by atoms with E-state index in [2.05, 4.69) is 14.9 Å². The number of hydrogen-bond acceptors (Lipinski definition) is 4. The van der Waals surface area contributed by atoms with Crippen molar-refractivity contribution in [2.45, 2.75) is 0 Å². The van der Waals surface area contributed by atoms with Crippen LogP contribution in [0.2, 0.25) is 0 Å². The van der Waals surface area contributed by atoms with Crippen LogP contribution in [-0.4, -0.2) is 29.7 Å². The molecule has 0 radical (unpaired) electrons. The molecule has 1 aromatic heterocycles. The number of nitrogens with zero attached hydrogens (tertiary/aromatic N) is 1. The van der Waals surface area contributed by atoms with E-state index in [9.17, 15) is 0 Å². The lowest BCUT2D eigenvalue weighted by atomic mass is 10.2. The molecule has 0 saturated carbocycles. The molecule has 0 amide bonds. The molecule has 1 heterocycles. The predicted molar refractivity (Wildman–Crippen MR) is 34.2 cm³/mol. The highest BCUT2D eigenvalue weighted by Crippen LogP contribution is 2.02. The molecule has 6 heteroatoms. The summed E-state index contributed by atoms with van der Waals surface area (Å²) in [5.74, 6) is 0.300. The van der Waals surface area contributed by atoms with Crippen molar-refractivity contribution in [1.29, 1.82) is 0 Å². The van der Waals surface area contributed by atoms with Gasteiger partial charge in [-0.15, -0.1) is 5.10 Å². The zero-order valence-corrected chi connectivity index (χ0v) is 5.44. The Morgan fingerprint density at radius 1 is 1.80 bits per heavy atom. The van der Waals surface area contributed by atoms with E-state index in [0.29, 0.717) is 5.88 Å². The van der Waals surface area contributed by atoms with E-state index in [4.69, 9.17) is 9.68 Å². The van der Waals surface area contributed by atoms with Crippen LogP contribution in [0.3, 0.4) is 0 Å². The molecule has 54 valence electrons. The van der Waals surface area contributed by atoms with Gasteiger partial charge in [-0.2, -0.15) is 0 Å². The minimum absolute atomic E-state index is 0.300. The molecule has 10 heavy (non-hydrogen) atoms. The number of rotatable bonds is 3. The van der Waals surface area contributed by atoms with Gasteiger partial charge in [-0.05, 0) is 0 Å². The molecule has 0 bridgehead atoms. The van der Waals surface area contributed by atoms with Gasteiger partial charge in [0.2, 0.25) is 5.88 Å². The molecule has 0 aliphatic heterocycles. The second kappa shape index (κ2) is 3.24. The summed E-state index contributed by atoms with van der Waals surface area (Å²) in [6.45, 7) is 0. The van der Waals surface area contributed by atoms with Crippen molar-refractivity contribution in [3.63, 3.8) is 0 Å². The van der Waals surface area contributed by atoms with E-state index >= 15 is 0 Å². The Morgan fingerprint density at radius 2 is 2.60 bits per heavy atom. The van der Waals surface area contributed by atoms with Gasteiger partial charge in [0.1, 0.15) is 0 Å². The summed E-state index contributed by atoms with van der Waals surface area (Å²) >= 11 is 0. The van der Waals surface area contributed by atoms with Crippen LogP contribution in [0.25, 0.3) is 0 Å². The van der Waals surface area contributed by atoms with Gasteiger partial charge in [-0.3, -0.25) is 5.10 Å². The maximum Gasteiger partial charge on any atom is 0.711 e. The average Bonchev–Trinajstić information content (AvgIpc) is 2.40. The second-order valence-corrected chi connectivity index (χ2v) is 1.57. The highest BCUT2D eigenvalue weighted by atomic mass is 16.7. The summed E-state index contributed by atoms with van der Waals surface area (Å²) < 4.78 is 9.10. The molecule has 0 unspecified atom stereocenters. The van der Waals surface area contributed by atoms with E-state index in [1.54, 1.807) is 12.3 Å². The van der Waals surface area contributed by atoms with Crippen LogP contribution in [0, 0.1) is 0 Å². The van der Waals surface area contributed by atoms with Crippen LogP contribution in [0.4, 0.5) is 0 Å². The number of aromatic amines is 1. The quantitative estimate of drug-likeness (QED) is 0.553. The van der Waals surface area contributed by atoms with Crippen LogP contribution < -0.4 is 4.65 Å².